The number of thiocarbonyl (C=S) groups is 1. The minimum Gasteiger partial charge on any atom is -0.497 e. The zero-order valence-corrected chi connectivity index (χ0v) is 15.5. The van der Waals surface area contributed by atoms with Gasteiger partial charge in [0.15, 0.2) is 16.6 Å². The van der Waals surface area contributed by atoms with Crippen molar-refractivity contribution < 1.29 is 19.0 Å². The summed E-state index contributed by atoms with van der Waals surface area (Å²) in [5, 5.41) is 6.32. The average Bonchev–Trinajstić information content (AvgIpc) is 3.17. The van der Waals surface area contributed by atoms with Crippen molar-refractivity contribution in [1.29, 1.82) is 0 Å². The molecule has 1 heterocycles. The van der Waals surface area contributed by atoms with Crippen molar-refractivity contribution in [2.24, 2.45) is 0 Å². The highest BCUT2D eigenvalue weighted by Crippen LogP contribution is 2.32. The van der Waals surface area contributed by atoms with Gasteiger partial charge in [-0.1, -0.05) is 6.07 Å². The second-order valence-corrected chi connectivity index (χ2v) is 6.03. The lowest BCUT2D eigenvalue weighted by Gasteiger charge is -2.12. The van der Waals surface area contributed by atoms with E-state index in [0.29, 0.717) is 17.4 Å². The Morgan fingerprint density at radius 2 is 1.89 bits per heavy atom. The van der Waals surface area contributed by atoms with Crippen LogP contribution in [0.5, 0.6) is 17.2 Å². The number of carbonyl (C=O) groups is 1. The first-order chi connectivity index (χ1) is 13.1. The van der Waals surface area contributed by atoms with Gasteiger partial charge in [0.1, 0.15) is 5.75 Å². The van der Waals surface area contributed by atoms with E-state index in [4.69, 9.17) is 26.4 Å². The van der Waals surface area contributed by atoms with Gasteiger partial charge in [0.05, 0.1) is 13.7 Å². The van der Waals surface area contributed by atoms with E-state index < -0.39 is 0 Å². The van der Waals surface area contributed by atoms with Crippen molar-refractivity contribution in [1.82, 2.24) is 16.2 Å². The molecule has 1 aliphatic heterocycles. The third kappa shape index (κ3) is 5.38. The molecular formula is C18H20N4O4S. The van der Waals surface area contributed by atoms with Gasteiger partial charge in [0, 0.05) is 12.2 Å². The highest BCUT2D eigenvalue weighted by molar-refractivity contribution is 7.80. The number of hydrogen-bond acceptors (Lipinski definition) is 6. The molecule has 0 spiro atoms. The van der Waals surface area contributed by atoms with Crippen LogP contribution >= 0.6 is 12.2 Å². The van der Waals surface area contributed by atoms with Crippen LogP contribution in [0.2, 0.25) is 0 Å². The van der Waals surface area contributed by atoms with Crippen molar-refractivity contribution in [3.05, 3.63) is 48.0 Å². The number of hydrazine groups is 1. The zero-order valence-electron chi connectivity index (χ0n) is 14.7. The van der Waals surface area contributed by atoms with Crippen LogP contribution in [0, 0.1) is 0 Å². The Morgan fingerprint density at radius 1 is 1.11 bits per heavy atom. The summed E-state index contributed by atoms with van der Waals surface area (Å²) < 4.78 is 15.7. The molecule has 0 radical (unpaired) electrons. The lowest BCUT2D eigenvalue weighted by atomic mass is 10.2. The van der Waals surface area contributed by atoms with Crippen LogP contribution < -0.4 is 35.7 Å². The molecule has 2 aromatic carbocycles. The number of hydrogen-bond donors (Lipinski definition) is 4. The molecule has 4 N–H and O–H groups in total. The van der Waals surface area contributed by atoms with E-state index in [9.17, 15) is 4.79 Å². The summed E-state index contributed by atoms with van der Waals surface area (Å²) in [4.78, 5) is 11.9. The molecule has 0 unspecified atom stereocenters. The third-order valence-electron chi connectivity index (χ3n) is 3.75. The highest BCUT2D eigenvalue weighted by Gasteiger charge is 2.13. The van der Waals surface area contributed by atoms with Crippen LogP contribution in [-0.4, -0.2) is 31.5 Å². The second-order valence-electron chi connectivity index (χ2n) is 5.63. The normalized spacial score (nSPS) is 11.4. The fraction of sp³-hybridized carbons (Fsp3) is 0.222. The van der Waals surface area contributed by atoms with Crippen molar-refractivity contribution in [3.63, 3.8) is 0 Å². The molecule has 0 atom stereocenters. The van der Waals surface area contributed by atoms with Crippen LogP contribution in [0.3, 0.4) is 0 Å². The molecule has 0 fully saturated rings. The minimum atomic E-state index is -0.252. The fourth-order valence-electron chi connectivity index (χ4n) is 2.34. The molecule has 1 amide bonds. The topological polar surface area (TPSA) is 92.9 Å². The van der Waals surface area contributed by atoms with Crippen LogP contribution in [0.25, 0.3) is 0 Å². The Morgan fingerprint density at radius 3 is 2.67 bits per heavy atom. The molecule has 0 aliphatic carbocycles. The van der Waals surface area contributed by atoms with Gasteiger partial charge >= 0.3 is 0 Å². The van der Waals surface area contributed by atoms with E-state index in [1.54, 1.807) is 7.11 Å². The molecule has 8 nitrogen and oxygen atoms in total. The SMILES string of the molecule is COc1ccc(NCC(=O)NNC(=S)NCc2ccc3c(c2)OCO3)cc1. The Hall–Kier alpha value is -3.20. The molecule has 0 bridgehead atoms. The maximum Gasteiger partial charge on any atom is 0.257 e. The number of rotatable bonds is 6. The monoisotopic (exact) mass is 388 g/mol. The van der Waals surface area contributed by atoms with E-state index in [2.05, 4.69) is 21.5 Å². The number of amides is 1. The number of anilines is 1. The molecule has 9 heteroatoms. The first-order valence-electron chi connectivity index (χ1n) is 8.23. The van der Waals surface area contributed by atoms with E-state index in [0.717, 1.165) is 22.7 Å². The van der Waals surface area contributed by atoms with Gasteiger partial charge in [-0.2, -0.15) is 0 Å². The molecule has 1 aliphatic rings. The van der Waals surface area contributed by atoms with E-state index in [1.165, 1.54) is 0 Å². The standard InChI is InChI=1S/C18H20N4O4S/c1-24-14-5-3-13(4-6-14)19-10-17(23)21-22-18(27)20-9-12-2-7-15-16(8-12)26-11-25-15/h2-8,19H,9-11H2,1H3,(H,21,23)(H2,20,22,27). The lowest BCUT2D eigenvalue weighted by Crippen LogP contribution is -2.48. The first-order valence-corrected chi connectivity index (χ1v) is 8.64. The van der Waals surface area contributed by atoms with E-state index in [1.807, 2.05) is 42.5 Å². The molecule has 27 heavy (non-hydrogen) atoms. The average molecular weight is 388 g/mol. The number of fused-ring (bicyclic) bond motifs is 1. The minimum absolute atomic E-state index is 0.101. The summed E-state index contributed by atoms with van der Waals surface area (Å²) in [7, 11) is 1.60. The molecule has 0 saturated heterocycles. The van der Waals surface area contributed by atoms with Gasteiger partial charge in [-0.3, -0.25) is 15.6 Å². The number of methoxy groups -OCH3 is 1. The summed E-state index contributed by atoms with van der Waals surface area (Å²) in [6.07, 6.45) is 0. The molecule has 0 saturated carbocycles. The Kier molecular flexibility index (Phi) is 6.16. The van der Waals surface area contributed by atoms with Crippen LogP contribution in [0.15, 0.2) is 42.5 Å². The van der Waals surface area contributed by atoms with Crippen LogP contribution in [0.1, 0.15) is 5.56 Å². The highest BCUT2D eigenvalue weighted by atomic mass is 32.1. The molecule has 2 aromatic rings. The summed E-state index contributed by atoms with van der Waals surface area (Å²) in [6.45, 7) is 0.829. The smallest absolute Gasteiger partial charge is 0.257 e. The largest absolute Gasteiger partial charge is 0.497 e. The molecule has 0 aromatic heterocycles. The fourth-order valence-corrected chi connectivity index (χ4v) is 2.46. The number of nitrogens with one attached hydrogen (secondary N) is 4. The maximum absolute atomic E-state index is 11.9. The van der Waals surface area contributed by atoms with Gasteiger partial charge in [-0.25, -0.2) is 0 Å². The zero-order chi connectivity index (χ0) is 19.1. The van der Waals surface area contributed by atoms with Crippen molar-refractivity contribution in [2.75, 3.05) is 25.8 Å². The Labute approximate surface area is 162 Å². The summed E-state index contributed by atoms with van der Waals surface area (Å²) in [6, 6.07) is 12.9. The Balaban J connectivity index is 1.35. The van der Waals surface area contributed by atoms with Gasteiger partial charge in [-0.15, -0.1) is 0 Å². The lowest BCUT2D eigenvalue weighted by molar-refractivity contribution is -0.119. The van der Waals surface area contributed by atoms with Crippen LogP contribution in [0.4, 0.5) is 5.69 Å². The quantitative estimate of drug-likeness (QED) is 0.437. The van der Waals surface area contributed by atoms with Gasteiger partial charge in [-0.05, 0) is 54.2 Å². The second kappa shape index (κ2) is 8.95. The molecule has 3 rings (SSSR count). The van der Waals surface area contributed by atoms with E-state index in [-0.39, 0.29) is 19.2 Å². The number of carbonyl (C=O) groups excluding carboxylic acids is 1. The van der Waals surface area contributed by atoms with E-state index >= 15 is 0 Å². The predicted molar refractivity (Wildman–Crippen MR) is 105 cm³/mol. The van der Waals surface area contributed by atoms with Gasteiger partial charge in [0.2, 0.25) is 6.79 Å². The van der Waals surface area contributed by atoms with Gasteiger partial charge in [0.25, 0.3) is 5.91 Å². The summed E-state index contributed by atoms with van der Waals surface area (Å²) >= 11 is 5.15. The molecule has 142 valence electrons. The third-order valence-corrected chi connectivity index (χ3v) is 3.99. The Bertz CT molecular complexity index is 814. The number of ether oxygens (including phenoxy) is 3. The van der Waals surface area contributed by atoms with Crippen LogP contribution in [-0.2, 0) is 11.3 Å². The summed E-state index contributed by atoms with van der Waals surface area (Å²) in [5.41, 5.74) is 6.99. The summed E-state index contributed by atoms with van der Waals surface area (Å²) in [5.74, 6) is 1.95. The maximum atomic E-state index is 11.9. The van der Waals surface area contributed by atoms with Crippen molar-refractivity contribution in [3.8, 4) is 17.2 Å². The predicted octanol–water partition coefficient (Wildman–Crippen LogP) is 1.53. The van der Waals surface area contributed by atoms with Gasteiger partial charge < -0.3 is 24.8 Å². The van der Waals surface area contributed by atoms with Crippen molar-refractivity contribution >= 4 is 28.9 Å². The van der Waals surface area contributed by atoms with Crippen molar-refractivity contribution in [2.45, 2.75) is 6.54 Å². The first kappa shape index (κ1) is 18.6. The number of benzene rings is 2. The molecular weight excluding hydrogens is 368 g/mol.